The Kier molecular flexibility index (Phi) is 148. The predicted octanol–water partition coefficient (Wildman–Crippen LogP) is -1.92. The van der Waals surface area contributed by atoms with Gasteiger partial charge in [-0.15, -0.1) is 0 Å². The quantitative estimate of drug-likeness (QED) is 0.443. The molecule has 0 saturated carbocycles. The Balaban J connectivity index is 0. The van der Waals surface area contributed by atoms with Gasteiger partial charge in [-0.1, -0.05) is 0 Å². The standard InChI is InChI=1S/Ba.Ca.Fe.H4Si.Sr.6H/h;;;1H4;;;;;;;/q2*+2;;;+2;6*-1. The van der Waals surface area contributed by atoms with Gasteiger partial charge in [0.05, 0.1) is 0 Å². The minimum atomic E-state index is 0. The first-order chi connectivity index (χ1) is 0. The van der Waals surface area contributed by atoms with Gasteiger partial charge < -0.3 is 8.56 Å². The van der Waals surface area contributed by atoms with E-state index in [1.54, 1.807) is 0 Å². The van der Waals surface area contributed by atoms with Gasteiger partial charge in [-0.2, -0.15) is 0 Å². The summed E-state index contributed by atoms with van der Waals surface area (Å²) in [6, 6.07) is 0. The van der Waals surface area contributed by atoms with E-state index >= 15 is 0 Å². The zero-order chi connectivity index (χ0) is 0. The van der Waals surface area contributed by atoms with Crippen molar-refractivity contribution in [2.75, 3.05) is 0 Å². The molecule has 0 aromatic rings. The molecule has 28 valence electrons. The van der Waals surface area contributed by atoms with Crippen LogP contribution in [0.1, 0.15) is 8.56 Å². The zero-order valence-corrected chi connectivity index (χ0v) is 13.7. The Morgan fingerprint density at radius 1 is 1.20 bits per heavy atom. The number of hydrogen-bond acceptors (Lipinski definition) is 0. The molecule has 0 nitrogen and oxygen atoms in total. The van der Waals surface area contributed by atoms with Gasteiger partial charge in [0.15, 0.2) is 0 Å². The van der Waals surface area contributed by atoms with E-state index in [0.29, 0.717) is 0 Å². The summed E-state index contributed by atoms with van der Waals surface area (Å²) in [6.07, 6.45) is 0. The maximum absolute atomic E-state index is 0. The van der Waals surface area contributed by atoms with Crippen molar-refractivity contribution in [1.29, 1.82) is 0 Å². The molecule has 0 spiro atoms. The van der Waals surface area contributed by atoms with E-state index in [1.165, 1.54) is 0 Å². The molecule has 0 radical (unpaired) electrons. The number of rotatable bonds is 0. The van der Waals surface area contributed by atoms with Crippen LogP contribution in [0.25, 0.3) is 0 Å². The molecule has 0 unspecified atom stereocenters. The molecule has 0 aromatic carbocycles. The second kappa shape index (κ2) is 23.0. The van der Waals surface area contributed by atoms with Crippen LogP contribution >= 0.6 is 0 Å². The first-order valence-corrected chi connectivity index (χ1v) is 0. The van der Waals surface area contributed by atoms with E-state index < -0.39 is 0 Å². The zero-order valence-electron chi connectivity index (χ0n) is 8.47. The SMILES string of the molecule is [Ba+2].[Ca+2].[Fe].[H-].[H-].[H-].[H-].[H-].[H-].[SiH4].[Sr+2]. The average Bonchev–Trinajstić information content (AvgIpc) is 0. The van der Waals surface area contributed by atoms with Gasteiger partial charge in [0.2, 0.25) is 0 Å². The van der Waals surface area contributed by atoms with Crippen molar-refractivity contribution in [2.24, 2.45) is 0 Å². The van der Waals surface area contributed by atoms with Crippen molar-refractivity contribution in [3.63, 3.8) is 0 Å². The van der Waals surface area contributed by atoms with Crippen LogP contribution in [0.5, 0.6) is 0 Å². The second-order valence-corrected chi connectivity index (χ2v) is 0. The van der Waals surface area contributed by atoms with Gasteiger partial charge in [0.25, 0.3) is 0 Å². The maximum atomic E-state index is 0. The molecule has 0 aliphatic heterocycles. The van der Waals surface area contributed by atoms with Crippen LogP contribution in [-0.2, 0) is 17.1 Å². The molecular formula is H10BaCaFeSiSr. The van der Waals surface area contributed by atoms with Crippen molar-refractivity contribution >= 4 is 143 Å². The van der Waals surface area contributed by atoms with Gasteiger partial charge in [0, 0.05) is 17.1 Å². The summed E-state index contributed by atoms with van der Waals surface area (Å²) < 4.78 is 0. The third-order valence-corrected chi connectivity index (χ3v) is 0. The molecule has 0 bridgehead atoms. The predicted molar refractivity (Wildman–Crippen MR) is 35.3 cm³/mol. The molecule has 5 heteroatoms. The van der Waals surface area contributed by atoms with Crippen LogP contribution in [-0.4, -0.2) is 143 Å². The second-order valence-electron chi connectivity index (χ2n) is 0. The molecular weight excluding hydrogens is 349 g/mol. The molecule has 0 atom stereocenters. The van der Waals surface area contributed by atoms with Crippen LogP contribution in [0.2, 0.25) is 0 Å². The third-order valence-electron chi connectivity index (χ3n) is 0. The molecule has 0 amide bonds. The summed E-state index contributed by atoms with van der Waals surface area (Å²) in [5, 5.41) is 0. The topological polar surface area (TPSA) is 0 Å². The Morgan fingerprint density at radius 3 is 1.20 bits per heavy atom. The fourth-order valence-corrected chi connectivity index (χ4v) is 0. The van der Waals surface area contributed by atoms with Crippen LogP contribution in [0.4, 0.5) is 0 Å². The summed E-state index contributed by atoms with van der Waals surface area (Å²) >= 11 is 0. The molecule has 0 saturated heterocycles. The van der Waals surface area contributed by atoms with E-state index in [4.69, 9.17) is 0 Å². The summed E-state index contributed by atoms with van der Waals surface area (Å²) in [5.41, 5.74) is 0. The fraction of sp³-hybridized carbons (Fsp3) is 0. The molecule has 0 heterocycles. The van der Waals surface area contributed by atoms with E-state index in [0.717, 1.165) is 0 Å². The Morgan fingerprint density at radius 2 is 1.20 bits per heavy atom. The van der Waals surface area contributed by atoms with Crippen LogP contribution in [0.15, 0.2) is 0 Å². The Hall–Kier alpha value is 5.05. The van der Waals surface area contributed by atoms with Crippen LogP contribution in [0, 0.1) is 0 Å². The summed E-state index contributed by atoms with van der Waals surface area (Å²) in [7, 11) is 0. The van der Waals surface area contributed by atoms with E-state index in [2.05, 4.69) is 0 Å². The van der Waals surface area contributed by atoms with Crippen molar-refractivity contribution in [3.05, 3.63) is 0 Å². The fourth-order valence-electron chi connectivity index (χ4n) is 0. The monoisotopic (exact) mass is 360 g/mol. The van der Waals surface area contributed by atoms with Crippen molar-refractivity contribution in [3.8, 4) is 0 Å². The maximum Gasteiger partial charge on any atom is 2.00 e. The summed E-state index contributed by atoms with van der Waals surface area (Å²) in [4.78, 5) is 0. The Labute approximate surface area is 164 Å². The molecule has 5 heavy (non-hydrogen) atoms. The minimum Gasteiger partial charge on any atom is -1.00 e. The number of hydrogen-bond donors (Lipinski definition) is 0. The van der Waals surface area contributed by atoms with Crippen molar-refractivity contribution < 1.29 is 25.6 Å². The van der Waals surface area contributed by atoms with Crippen molar-refractivity contribution in [1.82, 2.24) is 0 Å². The van der Waals surface area contributed by atoms with Crippen LogP contribution < -0.4 is 0 Å². The third kappa shape index (κ3) is 17.6. The molecule has 0 N–H and O–H groups in total. The normalized spacial score (nSPS) is 0. The summed E-state index contributed by atoms with van der Waals surface area (Å²) in [5.74, 6) is 0. The van der Waals surface area contributed by atoms with Gasteiger partial charge in [0.1, 0.15) is 0 Å². The molecule has 0 aliphatic rings. The smallest absolute Gasteiger partial charge is 1.00 e. The van der Waals surface area contributed by atoms with Crippen LogP contribution in [0.3, 0.4) is 0 Å². The van der Waals surface area contributed by atoms with E-state index in [1.807, 2.05) is 0 Å². The molecule has 0 rings (SSSR count). The van der Waals surface area contributed by atoms with Gasteiger partial charge in [-0.05, 0) is 11.0 Å². The largest absolute Gasteiger partial charge is 2.00 e. The molecule has 0 aromatic heterocycles. The van der Waals surface area contributed by atoms with Gasteiger partial charge in [-0.25, -0.2) is 0 Å². The van der Waals surface area contributed by atoms with Gasteiger partial charge in [-0.3, -0.25) is 0 Å². The summed E-state index contributed by atoms with van der Waals surface area (Å²) in [6.45, 7) is 0. The average molecular weight is 359 g/mol. The molecule has 0 fully saturated rings. The first-order valence-electron chi connectivity index (χ1n) is 0. The minimum absolute atomic E-state index is 0. The van der Waals surface area contributed by atoms with E-state index in [9.17, 15) is 0 Å². The first kappa shape index (κ1) is 32.3. The van der Waals surface area contributed by atoms with E-state index in [-0.39, 0.29) is 169 Å². The van der Waals surface area contributed by atoms with Gasteiger partial charge >= 0.3 is 132 Å². The van der Waals surface area contributed by atoms with Crippen molar-refractivity contribution in [2.45, 2.75) is 0 Å². The Bertz CT molecular complexity index is 22.5. The molecule has 0 aliphatic carbocycles.